The van der Waals surface area contributed by atoms with Crippen molar-refractivity contribution >= 4 is 5.91 Å². The normalized spacial score (nSPS) is 12.2. The number of amides is 1. The van der Waals surface area contributed by atoms with Gasteiger partial charge in [0, 0.05) is 6.54 Å². The van der Waals surface area contributed by atoms with E-state index in [1.807, 2.05) is 37.3 Å². The molecule has 1 aromatic heterocycles. The SMILES string of the molecule is Cc1cc(C(=O)NCCC(O)c2ccccc2)c(C)o1. The average Bonchev–Trinajstić information content (AvgIpc) is 2.78. The number of benzene rings is 1. The van der Waals surface area contributed by atoms with Crippen LogP contribution in [0.5, 0.6) is 0 Å². The Balaban J connectivity index is 1.84. The maximum absolute atomic E-state index is 11.9. The van der Waals surface area contributed by atoms with Crippen molar-refractivity contribution in [1.29, 1.82) is 0 Å². The first kappa shape index (κ1) is 14.3. The van der Waals surface area contributed by atoms with Gasteiger partial charge in [-0.3, -0.25) is 4.79 Å². The summed E-state index contributed by atoms with van der Waals surface area (Å²) in [6.07, 6.45) is -0.0882. The number of hydrogen-bond donors (Lipinski definition) is 2. The van der Waals surface area contributed by atoms with Crippen LogP contribution in [0.1, 0.15) is 40.0 Å². The summed E-state index contributed by atoms with van der Waals surface area (Å²) >= 11 is 0. The van der Waals surface area contributed by atoms with E-state index in [0.29, 0.717) is 24.3 Å². The molecule has 2 aromatic rings. The van der Waals surface area contributed by atoms with E-state index in [1.54, 1.807) is 13.0 Å². The zero-order valence-electron chi connectivity index (χ0n) is 11.7. The largest absolute Gasteiger partial charge is 0.466 e. The van der Waals surface area contributed by atoms with E-state index in [1.165, 1.54) is 0 Å². The molecule has 4 heteroatoms. The van der Waals surface area contributed by atoms with Gasteiger partial charge in [-0.2, -0.15) is 0 Å². The minimum Gasteiger partial charge on any atom is -0.466 e. The third-order valence-corrected chi connectivity index (χ3v) is 3.17. The van der Waals surface area contributed by atoms with Crippen LogP contribution in [0.2, 0.25) is 0 Å². The third-order valence-electron chi connectivity index (χ3n) is 3.17. The summed E-state index contributed by atoms with van der Waals surface area (Å²) in [5, 5.41) is 12.8. The van der Waals surface area contributed by atoms with Crippen LogP contribution in [-0.4, -0.2) is 17.6 Å². The zero-order chi connectivity index (χ0) is 14.5. The van der Waals surface area contributed by atoms with Gasteiger partial charge in [-0.15, -0.1) is 0 Å². The average molecular weight is 273 g/mol. The van der Waals surface area contributed by atoms with Crippen molar-refractivity contribution < 1.29 is 14.3 Å². The van der Waals surface area contributed by atoms with E-state index in [4.69, 9.17) is 4.42 Å². The van der Waals surface area contributed by atoms with Crippen LogP contribution >= 0.6 is 0 Å². The Bertz CT molecular complexity index is 575. The van der Waals surface area contributed by atoms with Crippen molar-refractivity contribution in [2.75, 3.05) is 6.54 Å². The summed E-state index contributed by atoms with van der Waals surface area (Å²) in [7, 11) is 0. The van der Waals surface area contributed by atoms with Crippen molar-refractivity contribution in [3.8, 4) is 0 Å². The first-order valence-electron chi connectivity index (χ1n) is 6.66. The highest BCUT2D eigenvalue weighted by Gasteiger charge is 2.13. The van der Waals surface area contributed by atoms with E-state index in [-0.39, 0.29) is 5.91 Å². The van der Waals surface area contributed by atoms with Gasteiger partial charge in [0.1, 0.15) is 11.5 Å². The number of hydrogen-bond acceptors (Lipinski definition) is 3. The lowest BCUT2D eigenvalue weighted by molar-refractivity contribution is 0.0941. The fourth-order valence-electron chi connectivity index (χ4n) is 2.12. The molecule has 0 radical (unpaired) electrons. The molecule has 0 aliphatic carbocycles. The topological polar surface area (TPSA) is 62.5 Å². The van der Waals surface area contributed by atoms with Crippen LogP contribution in [0.15, 0.2) is 40.8 Å². The Morgan fingerprint density at radius 1 is 1.30 bits per heavy atom. The highest BCUT2D eigenvalue weighted by molar-refractivity contribution is 5.95. The van der Waals surface area contributed by atoms with E-state index in [9.17, 15) is 9.90 Å². The molecule has 0 saturated heterocycles. The van der Waals surface area contributed by atoms with Gasteiger partial charge in [-0.05, 0) is 31.9 Å². The molecule has 0 fully saturated rings. The van der Waals surface area contributed by atoms with Crippen molar-refractivity contribution in [3.63, 3.8) is 0 Å². The van der Waals surface area contributed by atoms with Crippen molar-refractivity contribution in [1.82, 2.24) is 5.32 Å². The number of carbonyl (C=O) groups is 1. The summed E-state index contributed by atoms with van der Waals surface area (Å²) in [5.41, 5.74) is 1.41. The minimum atomic E-state index is -0.566. The van der Waals surface area contributed by atoms with Gasteiger partial charge in [-0.25, -0.2) is 0 Å². The maximum Gasteiger partial charge on any atom is 0.254 e. The Labute approximate surface area is 118 Å². The number of carbonyl (C=O) groups excluding carboxylic acids is 1. The molecule has 2 rings (SSSR count). The predicted octanol–water partition coefficient (Wildman–Crippen LogP) is 2.75. The lowest BCUT2D eigenvalue weighted by atomic mass is 10.1. The van der Waals surface area contributed by atoms with Crippen LogP contribution in [-0.2, 0) is 0 Å². The number of nitrogens with one attached hydrogen (secondary N) is 1. The van der Waals surface area contributed by atoms with Gasteiger partial charge in [0.15, 0.2) is 0 Å². The minimum absolute atomic E-state index is 0.167. The van der Waals surface area contributed by atoms with Crippen LogP contribution in [0.3, 0.4) is 0 Å². The second-order valence-electron chi connectivity index (χ2n) is 4.80. The lowest BCUT2D eigenvalue weighted by Crippen LogP contribution is -2.25. The number of rotatable bonds is 5. The van der Waals surface area contributed by atoms with Gasteiger partial charge in [0.2, 0.25) is 0 Å². The Morgan fingerprint density at radius 3 is 2.60 bits per heavy atom. The molecule has 1 unspecified atom stereocenters. The Morgan fingerprint density at radius 2 is 2.00 bits per heavy atom. The van der Waals surface area contributed by atoms with Crippen molar-refractivity contribution in [2.45, 2.75) is 26.4 Å². The summed E-state index contributed by atoms with van der Waals surface area (Å²) in [4.78, 5) is 11.9. The molecule has 20 heavy (non-hydrogen) atoms. The van der Waals surface area contributed by atoms with E-state index in [2.05, 4.69) is 5.32 Å². The van der Waals surface area contributed by atoms with Gasteiger partial charge >= 0.3 is 0 Å². The summed E-state index contributed by atoms with van der Waals surface area (Å²) in [6.45, 7) is 3.99. The van der Waals surface area contributed by atoms with Crippen LogP contribution < -0.4 is 5.32 Å². The van der Waals surface area contributed by atoms with Gasteiger partial charge in [-0.1, -0.05) is 30.3 Å². The number of furan rings is 1. The second-order valence-corrected chi connectivity index (χ2v) is 4.80. The van der Waals surface area contributed by atoms with Crippen LogP contribution in [0.4, 0.5) is 0 Å². The Hall–Kier alpha value is -2.07. The molecular formula is C16H19NO3. The summed E-state index contributed by atoms with van der Waals surface area (Å²) in [5.74, 6) is 1.17. The molecule has 0 aliphatic rings. The summed E-state index contributed by atoms with van der Waals surface area (Å²) < 4.78 is 5.32. The molecule has 2 N–H and O–H groups in total. The second kappa shape index (κ2) is 6.39. The molecule has 0 saturated carbocycles. The smallest absolute Gasteiger partial charge is 0.254 e. The third kappa shape index (κ3) is 3.48. The zero-order valence-corrected chi connectivity index (χ0v) is 11.7. The molecule has 1 atom stereocenters. The molecule has 0 bridgehead atoms. The molecular weight excluding hydrogens is 254 g/mol. The Kier molecular flexibility index (Phi) is 4.58. The predicted molar refractivity (Wildman–Crippen MR) is 76.5 cm³/mol. The van der Waals surface area contributed by atoms with Crippen LogP contribution in [0.25, 0.3) is 0 Å². The van der Waals surface area contributed by atoms with Gasteiger partial charge in [0.25, 0.3) is 5.91 Å². The lowest BCUT2D eigenvalue weighted by Gasteiger charge is -2.11. The molecule has 1 aromatic carbocycles. The van der Waals surface area contributed by atoms with Gasteiger partial charge < -0.3 is 14.8 Å². The molecule has 106 valence electrons. The molecule has 1 amide bonds. The van der Waals surface area contributed by atoms with E-state index in [0.717, 1.165) is 11.3 Å². The van der Waals surface area contributed by atoms with Crippen LogP contribution in [0, 0.1) is 13.8 Å². The quantitative estimate of drug-likeness (QED) is 0.880. The molecule has 0 spiro atoms. The van der Waals surface area contributed by atoms with Crippen molar-refractivity contribution in [2.24, 2.45) is 0 Å². The monoisotopic (exact) mass is 273 g/mol. The fourth-order valence-corrected chi connectivity index (χ4v) is 2.12. The fraction of sp³-hybridized carbons (Fsp3) is 0.312. The van der Waals surface area contributed by atoms with E-state index >= 15 is 0 Å². The number of aliphatic hydroxyl groups is 1. The highest BCUT2D eigenvalue weighted by atomic mass is 16.3. The molecule has 0 aliphatic heterocycles. The molecule has 4 nitrogen and oxygen atoms in total. The first-order chi connectivity index (χ1) is 9.58. The first-order valence-corrected chi connectivity index (χ1v) is 6.66. The van der Waals surface area contributed by atoms with Crippen molar-refractivity contribution in [3.05, 3.63) is 59.0 Å². The number of aliphatic hydroxyl groups excluding tert-OH is 1. The number of aryl methyl sites for hydroxylation is 2. The summed E-state index contributed by atoms with van der Waals surface area (Å²) in [6, 6.07) is 11.1. The molecule has 1 heterocycles. The maximum atomic E-state index is 11.9. The van der Waals surface area contributed by atoms with E-state index < -0.39 is 6.10 Å². The van der Waals surface area contributed by atoms with Gasteiger partial charge in [0.05, 0.1) is 11.7 Å². The highest BCUT2D eigenvalue weighted by Crippen LogP contribution is 2.16. The standard InChI is InChI=1S/C16H19NO3/c1-11-10-14(12(2)20-11)16(19)17-9-8-15(18)13-6-4-3-5-7-13/h3-7,10,15,18H,8-9H2,1-2H3,(H,17,19).